The van der Waals surface area contributed by atoms with Gasteiger partial charge in [-0.15, -0.1) is 10.2 Å². The van der Waals surface area contributed by atoms with E-state index < -0.39 is 0 Å². The minimum Gasteiger partial charge on any atom is -0.453 e. The lowest BCUT2D eigenvalue weighted by Gasteiger charge is -2.14. The summed E-state index contributed by atoms with van der Waals surface area (Å²) in [6, 6.07) is 13.4. The number of furan rings is 1. The number of thioether (sulfide) groups is 1. The van der Waals surface area contributed by atoms with E-state index in [9.17, 15) is 4.79 Å². The van der Waals surface area contributed by atoms with E-state index >= 15 is 0 Å². The first-order chi connectivity index (χ1) is 15.4. The summed E-state index contributed by atoms with van der Waals surface area (Å²) in [6.07, 6.45) is 0. The zero-order chi connectivity index (χ0) is 22.8. The number of hydrogen-bond acceptors (Lipinski definition) is 5. The molecule has 0 aliphatic carbocycles. The fourth-order valence-corrected chi connectivity index (χ4v) is 4.93. The van der Waals surface area contributed by atoms with Crippen molar-refractivity contribution in [3.8, 4) is 11.6 Å². The maximum atomic E-state index is 12.6. The van der Waals surface area contributed by atoms with Gasteiger partial charge in [-0.1, -0.05) is 37.2 Å². The summed E-state index contributed by atoms with van der Waals surface area (Å²) >= 11 is 9.72. The van der Waals surface area contributed by atoms with Crippen LogP contribution >= 0.6 is 46.0 Å². The van der Waals surface area contributed by atoms with Crippen LogP contribution in [0.5, 0.6) is 0 Å². The first-order valence-corrected chi connectivity index (χ1v) is 12.6. The fraction of sp³-hybridized carbons (Fsp3) is 0.261. The quantitative estimate of drug-likeness (QED) is 0.192. The highest BCUT2D eigenvalue weighted by Gasteiger charge is 2.18. The number of fused-ring (bicyclic) bond motifs is 1. The third-order valence-electron chi connectivity index (χ3n) is 4.97. The van der Waals surface area contributed by atoms with Crippen molar-refractivity contribution in [2.45, 2.75) is 38.4 Å². The molecule has 0 spiro atoms. The van der Waals surface area contributed by atoms with Gasteiger partial charge in [0.05, 0.1) is 5.75 Å². The molecule has 0 bridgehead atoms. The van der Waals surface area contributed by atoms with Crippen LogP contribution in [0.25, 0.3) is 22.6 Å². The molecule has 0 radical (unpaired) electrons. The number of aromatic nitrogens is 3. The Morgan fingerprint density at radius 1 is 1.22 bits per heavy atom. The SMILES string of the molecule is CCn1c(SCC(=O)Nc2ccc(I)cc2C(C)C)nnc1-c1cc2cc(Cl)ccc2o1. The molecular formula is C23H22ClIN4O2S. The lowest BCUT2D eigenvalue weighted by atomic mass is 10.0. The molecule has 0 aliphatic heterocycles. The van der Waals surface area contributed by atoms with Gasteiger partial charge in [0.15, 0.2) is 10.9 Å². The first-order valence-electron chi connectivity index (χ1n) is 10.2. The lowest BCUT2D eigenvalue weighted by molar-refractivity contribution is -0.113. The zero-order valence-electron chi connectivity index (χ0n) is 17.9. The van der Waals surface area contributed by atoms with Crippen LogP contribution in [0.3, 0.4) is 0 Å². The highest BCUT2D eigenvalue weighted by atomic mass is 127. The van der Waals surface area contributed by atoms with Gasteiger partial charge in [0.2, 0.25) is 11.7 Å². The molecule has 1 amide bonds. The third-order valence-corrected chi connectivity index (χ3v) is 6.85. The van der Waals surface area contributed by atoms with Crippen LogP contribution in [0.15, 0.2) is 52.0 Å². The van der Waals surface area contributed by atoms with Gasteiger partial charge in [-0.3, -0.25) is 9.36 Å². The van der Waals surface area contributed by atoms with E-state index in [0.717, 1.165) is 25.8 Å². The van der Waals surface area contributed by atoms with E-state index in [1.807, 2.05) is 41.8 Å². The van der Waals surface area contributed by atoms with Crippen molar-refractivity contribution in [3.63, 3.8) is 0 Å². The van der Waals surface area contributed by atoms with Crippen molar-refractivity contribution >= 4 is 68.5 Å². The van der Waals surface area contributed by atoms with Gasteiger partial charge < -0.3 is 9.73 Å². The van der Waals surface area contributed by atoms with Gasteiger partial charge in [-0.2, -0.15) is 0 Å². The smallest absolute Gasteiger partial charge is 0.234 e. The van der Waals surface area contributed by atoms with E-state index in [0.29, 0.717) is 34.2 Å². The number of carbonyl (C=O) groups excluding carboxylic acids is 1. The maximum absolute atomic E-state index is 12.6. The van der Waals surface area contributed by atoms with Crippen LogP contribution < -0.4 is 5.32 Å². The number of carbonyl (C=O) groups is 1. The van der Waals surface area contributed by atoms with Crippen molar-refractivity contribution in [2.24, 2.45) is 0 Å². The van der Waals surface area contributed by atoms with Crippen LogP contribution in [0.1, 0.15) is 32.3 Å². The van der Waals surface area contributed by atoms with E-state index in [4.69, 9.17) is 16.0 Å². The zero-order valence-corrected chi connectivity index (χ0v) is 21.6. The second-order valence-electron chi connectivity index (χ2n) is 7.57. The largest absolute Gasteiger partial charge is 0.453 e. The highest BCUT2D eigenvalue weighted by Crippen LogP contribution is 2.31. The van der Waals surface area contributed by atoms with Crippen molar-refractivity contribution in [3.05, 3.63) is 56.6 Å². The minimum atomic E-state index is -0.0799. The molecular weight excluding hydrogens is 559 g/mol. The minimum absolute atomic E-state index is 0.0799. The Morgan fingerprint density at radius 2 is 2.03 bits per heavy atom. The molecule has 1 N–H and O–H groups in total. The number of anilines is 1. The monoisotopic (exact) mass is 580 g/mol. The number of benzene rings is 2. The normalized spacial score (nSPS) is 11.4. The van der Waals surface area contributed by atoms with Gasteiger partial charge in [-0.25, -0.2) is 0 Å². The highest BCUT2D eigenvalue weighted by molar-refractivity contribution is 14.1. The van der Waals surface area contributed by atoms with Crippen molar-refractivity contribution < 1.29 is 9.21 Å². The standard InChI is InChI=1S/C23H22ClIN4O2S/c1-4-29-22(20-10-14-9-15(24)5-8-19(14)31-20)27-28-23(29)32-12-21(30)26-18-7-6-16(25)11-17(18)13(2)3/h5-11,13H,4,12H2,1-3H3,(H,26,30). The molecule has 0 saturated heterocycles. The summed E-state index contributed by atoms with van der Waals surface area (Å²) in [6.45, 7) is 6.90. The third kappa shape index (κ3) is 4.97. The average molecular weight is 581 g/mol. The van der Waals surface area contributed by atoms with E-state index in [2.05, 4.69) is 58.0 Å². The second kappa shape index (κ2) is 9.84. The molecule has 4 rings (SSSR count). The van der Waals surface area contributed by atoms with Gasteiger partial charge >= 0.3 is 0 Å². The van der Waals surface area contributed by atoms with Gasteiger partial charge in [0.1, 0.15) is 5.58 Å². The van der Waals surface area contributed by atoms with Crippen LogP contribution in [-0.4, -0.2) is 26.4 Å². The summed E-state index contributed by atoms with van der Waals surface area (Å²) in [5.41, 5.74) is 2.71. The Kier molecular flexibility index (Phi) is 7.11. The van der Waals surface area contributed by atoms with Crippen LogP contribution in [-0.2, 0) is 11.3 Å². The van der Waals surface area contributed by atoms with Crippen molar-refractivity contribution in [2.75, 3.05) is 11.1 Å². The maximum Gasteiger partial charge on any atom is 0.234 e. The molecule has 9 heteroatoms. The molecule has 166 valence electrons. The summed E-state index contributed by atoms with van der Waals surface area (Å²) in [5, 5.41) is 13.9. The molecule has 0 aliphatic rings. The summed E-state index contributed by atoms with van der Waals surface area (Å²) < 4.78 is 9.04. The molecule has 0 atom stereocenters. The van der Waals surface area contributed by atoms with Gasteiger partial charge in [0.25, 0.3) is 0 Å². The first kappa shape index (κ1) is 23.1. The number of nitrogens with zero attached hydrogens (tertiary/aromatic N) is 3. The van der Waals surface area contributed by atoms with E-state index in [1.54, 1.807) is 6.07 Å². The van der Waals surface area contributed by atoms with Crippen LogP contribution in [0, 0.1) is 3.57 Å². The van der Waals surface area contributed by atoms with E-state index in [1.165, 1.54) is 11.8 Å². The Balaban J connectivity index is 1.49. The fourth-order valence-electron chi connectivity index (χ4n) is 3.43. The molecule has 2 heterocycles. The molecule has 0 saturated carbocycles. The summed E-state index contributed by atoms with van der Waals surface area (Å²) in [5.74, 6) is 1.72. The number of nitrogens with one attached hydrogen (secondary N) is 1. The summed E-state index contributed by atoms with van der Waals surface area (Å²) in [7, 11) is 0. The average Bonchev–Trinajstić information content (AvgIpc) is 3.36. The molecule has 0 fully saturated rings. The van der Waals surface area contributed by atoms with E-state index in [-0.39, 0.29) is 11.7 Å². The molecule has 4 aromatic rings. The molecule has 2 aromatic carbocycles. The molecule has 2 aromatic heterocycles. The summed E-state index contributed by atoms with van der Waals surface area (Å²) in [4.78, 5) is 12.6. The number of amides is 1. The Bertz CT molecular complexity index is 1280. The number of rotatable bonds is 7. The van der Waals surface area contributed by atoms with Crippen molar-refractivity contribution in [1.82, 2.24) is 14.8 Å². The van der Waals surface area contributed by atoms with Crippen LogP contribution in [0.4, 0.5) is 5.69 Å². The van der Waals surface area contributed by atoms with Crippen molar-refractivity contribution in [1.29, 1.82) is 0 Å². The molecule has 32 heavy (non-hydrogen) atoms. The molecule has 6 nitrogen and oxygen atoms in total. The molecule has 0 unspecified atom stereocenters. The Labute approximate surface area is 209 Å². The Morgan fingerprint density at radius 3 is 2.78 bits per heavy atom. The van der Waals surface area contributed by atoms with Gasteiger partial charge in [-0.05, 0) is 83.5 Å². The lowest BCUT2D eigenvalue weighted by Crippen LogP contribution is -2.16. The predicted molar refractivity (Wildman–Crippen MR) is 139 cm³/mol. The number of hydrogen-bond donors (Lipinski definition) is 1. The van der Waals surface area contributed by atoms with Crippen LogP contribution in [0.2, 0.25) is 5.02 Å². The number of halogens is 2. The topological polar surface area (TPSA) is 73.0 Å². The predicted octanol–water partition coefficient (Wildman–Crippen LogP) is 6.82. The second-order valence-corrected chi connectivity index (χ2v) is 10.2. The van der Waals surface area contributed by atoms with Gasteiger partial charge in [0, 0.05) is 26.2 Å². The Hall–Kier alpha value is -2.04.